The molecule has 0 aliphatic heterocycles. The molecule has 0 fully saturated rings. The lowest BCUT2D eigenvalue weighted by molar-refractivity contribution is -0.131. The monoisotopic (exact) mass is 313 g/mol. The summed E-state index contributed by atoms with van der Waals surface area (Å²) in [4.78, 5) is 35.3. The Kier molecular flexibility index (Phi) is 5.09. The molecule has 0 saturated carbocycles. The van der Waals surface area contributed by atoms with Gasteiger partial charge in [-0.25, -0.2) is 4.79 Å². The number of rotatable bonds is 4. The van der Waals surface area contributed by atoms with Crippen molar-refractivity contribution in [2.24, 2.45) is 0 Å². The summed E-state index contributed by atoms with van der Waals surface area (Å²) in [5.74, 6) is -1.44. The molecule has 0 aromatic heterocycles. The van der Waals surface area contributed by atoms with Crippen LogP contribution in [0, 0.1) is 0 Å². The van der Waals surface area contributed by atoms with Crippen molar-refractivity contribution in [2.45, 2.75) is 6.92 Å². The van der Waals surface area contributed by atoms with E-state index in [1.54, 1.807) is 36.4 Å². The summed E-state index contributed by atoms with van der Waals surface area (Å²) in [5.41, 5.74) is 0.720. The van der Waals surface area contributed by atoms with Crippen LogP contribution in [0.2, 0.25) is 0 Å². The van der Waals surface area contributed by atoms with E-state index in [0.717, 1.165) is 0 Å². The molecule has 2 rings (SSSR count). The van der Waals surface area contributed by atoms with Gasteiger partial charge in [0.05, 0.1) is 23.9 Å². The molecule has 1 N–H and O–H groups in total. The normalized spacial score (nSPS) is 9.83. The molecule has 1 amide bonds. The molecule has 0 aliphatic carbocycles. The van der Waals surface area contributed by atoms with Crippen LogP contribution in [-0.2, 0) is 9.53 Å². The summed E-state index contributed by atoms with van der Waals surface area (Å²) in [5, 5.41) is 2.62. The zero-order valence-electron chi connectivity index (χ0n) is 12.7. The number of nitrogens with one attached hydrogen (secondary N) is 1. The second-order valence-corrected chi connectivity index (χ2v) is 4.58. The van der Waals surface area contributed by atoms with Gasteiger partial charge in [0.1, 0.15) is 5.75 Å². The molecule has 0 heterocycles. The summed E-state index contributed by atoms with van der Waals surface area (Å²) in [6.07, 6.45) is 0. The molecular formula is C17H15NO5. The Balaban J connectivity index is 2.30. The topological polar surface area (TPSA) is 81.7 Å². The van der Waals surface area contributed by atoms with E-state index in [1.165, 1.54) is 26.2 Å². The maximum absolute atomic E-state index is 12.4. The van der Waals surface area contributed by atoms with Crippen LogP contribution < -0.4 is 10.1 Å². The molecule has 6 heteroatoms. The Hall–Kier alpha value is -3.15. The number of anilines is 1. The van der Waals surface area contributed by atoms with E-state index in [0.29, 0.717) is 5.69 Å². The fourth-order valence-electron chi connectivity index (χ4n) is 1.97. The highest BCUT2D eigenvalue weighted by Crippen LogP contribution is 2.22. The second kappa shape index (κ2) is 7.22. The molecule has 2 aromatic rings. The minimum absolute atomic E-state index is 0.146. The van der Waals surface area contributed by atoms with Crippen molar-refractivity contribution in [3.05, 3.63) is 59.7 Å². The van der Waals surface area contributed by atoms with Gasteiger partial charge in [-0.1, -0.05) is 24.3 Å². The van der Waals surface area contributed by atoms with Crippen LogP contribution in [0.15, 0.2) is 48.5 Å². The fourth-order valence-corrected chi connectivity index (χ4v) is 1.97. The van der Waals surface area contributed by atoms with Crippen molar-refractivity contribution in [1.29, 1.82) is 0 Å². The van der Waals surface area contributed by atoms with E-state index >= 15 is 0 Å². The van der Waals surface area contributed by atoms with Crippen LogP contribution in [0.5, 0.6) is 5.75 Å². The largest absolute Gasteiger partial charge is 0.465 e. The summed E-state index contributed by atoms with van der Waals surface area (Å²) < 4.78 is 9.69. The molecule has 23 heavy (non-hydrogen) atoms. The highest BCUT2D eigenvalue weighted by Gasteiger charge is 2.17. The quantitative estimate of drug-likeness (QED) is 0.693. The number of para-hydroxylation sites is 2. The zero-order chi connectivity index (χ0) is 16.8. The predicted octanol–water partition coefficient (Wildman–Crippen LogP) is 2.65. The third-order valence-corrected chi connectivity index (χ3v) is 2.97. The van der Waals surface area contributed by atoms with Gasteiger partial charge >= 0.3 is 11.9 Å². The van der Waals surface area contributed by atoms with Crippen molar-refractivity contribution in [1.82, 2.24) is 0 Å². The maximum atomic E-state index is 12.4. The fraction of sp³-hybridized carbons (Fsp3) is 0.118. The Morgan fingerprint density at radius 3 is 2.17 bits per heavy atom. The van der Waals surface area contributed by atoms with Crippen LogP contribution in [-0.4, -0.2) is 25.0 Å². The highest BCUT2D eigenvalue weighted by atomic mass is 16.5. The molecule has 0 radical (unpaired) electrons. The molecule has 0 atom stereocenters. The number of hydrogen-bond acceptors (Lipinski definition) is 5. The first-order valence-electron chi connectivity index (χ1n) is 6.79. The van der Waals surface area contributed by atoms with Crippen molar-refractivity contribution >= 4 is 23.5 Å². The van der Waals surface area contributed by atoms with Crippen molar-refractivity contribution < 1.29 is 23.9 Å². The van der Waals surface area contributed by atoms with Crippen LogP contribution in [0.4, 0.5) is 5.69 Å². The average molecular weight is 313 g/mol. The van der Waals surface area contributed by atoms with Gasteiger partial charge in [0.25, 0.3) is 5.91 Å². The minimum Gasteiger partial charge on any atom is -0.465 e. The van der Waals surface area contributed by atoms with Crippen LogP contribution >= 0.6 is 0 Å². The van der Waals surface area contributed by atoms with E-state index < -0.39 is 17.8 Å². The SMILES string of the molecule is COC(=O)c1ccccc1NC(=O)c1ccccc1OC(C)=O. The summed E-state index contributed by atoms with van der Waals surface area (Å²) in [6.45, 7) is 1.25. The third-order valence-electron chi connectivity index (χ3n) is 2.97. The first kappa shape index (κ1) is 16.2. The Labute approximate surface area is 133 Å². The van der Waals surface area contributed by atoms with E-state index in [4.69, 9.17) is 4.74 Å². The van der Waals surface area contributed by atoms with Gasteiger partial charge in [0, 0.05) is 6.92 Å². The van der Waals surface area contributed by atoms with Gasteiger partial charge in [0.2, 0.25) is 0 Å². The molecule has 2 aromatic carbocycles. The average Bonchev–Trinajstić information content (AvgIpc) is 2.54. The number of ether oxygens (including phenoxy) is 2. The number of esters is 2. The zero-order valence-corrected chi connectivity index (χ0v) is 12.7. The minimum atomic E-state index is -0.561. The summed E-state index contributed by atoms with van der Waals surface area (Å²) in [7, 11) is 1.26. The van der Waals surface area contributed by atoms with Crippen LogP contribution in [0.3, 0.4) is 0 Å². The lowest BCUT2D eigenvalue weighted by atomic mass is 10.1. The smallest absolute Gasteiger partial charge is 0.339 e. The van der Waals surface area contributed by atoms with Crippen molar-refractivity contribution in [3.8, 4) is 5.75 Å². The Morgan fingerprint density at radius 2 is 1.52 bits per heavy atom. The molecular weight excluding hydrogens is 298 g/mol. The number of benzene rings is 2. The lowest BCUT2D eigenvalue weighted by Crippen LogP contribution is -2.17. The lowest BCUT2D eigenvalue weighted by Gasteiger charge is -2.11. The molecule has 0 aliphatic rings. The number of carbonyl (C=O) groups is 3. The molecule has 118 valence electrons. The second-order valence-electron chi connectivity index (χ2n) is 4.58. The highest BCUT2D eigenvalue weighted by molar-refractivity contribution is 6.09. The summed E-state index contributed by atoms with van der Waals surface area (Å²) >= 11 is 0. The number of hydrogen-bond donors (Lipinski definition) is 1. The Bertz CT molecular complexity index is 754. The molecule has 0 spiro atoms. The number of carbonyl (C=O) groups excluding carboxylic acids is 3. The third kappa shape index (κ3) is 3.94. The van der Waals surface area contributed by atoms with Crippen molar-refractivity contribution in [2.75, 3.05) is 12.4 Å². The Morgan fingerprint density at radius 1 is 0.913 bits per heavy atom. The molecule has 0 bridgehead atoms. The molecule has 6 nitrogen and oxygen atoms in total. The summed E-state index contributed by atoms with van der Waals surface area (Å²) in [6, 6.07) is 12.8. The van der Waals surface area contributed by atoms with Crippen LogP contribution in [0.1, 0.15) is 27.6 Å². The van der Waals surface area contributed by atoms with E-state index in [2.05, 4.69) is 10.1 Å². The van der Waals surface area contributed by atoms with E-state index in [-0.39, 0.29) is 16.9 Å². The van der Waals surface area contributed by atoms with E-state index in [1.807, 2.05) is 0 Å². The first-order chi connectivity index (χ1) is 11.0. The van der Waals surface area contributed by atoms with Gasteiger partial charge in [-0.3, -0.25) is 9.59 Å². The van der Waals surface area contributed by atoms with Crippen LogP contribution in [0.25, 0.3) is 0 Å². The van der Waals surface area contributed by atoms with Gasteiger partial charge < -0.3 is 14.8 Å². The number of methoxy groups -OCH3 is 1. The van der Waals surface area contributed by atoms with Crippen molar-refractivity contribution in [3.63, 3.8) is 0 Å². The van der Waals surface area contributed by atoms with Gasteiger partial charge in [0.15, 0.2) is 0 Å². The standard InChI is InChI=1S/C17H15NO5/c1-11(19)23-15-10-6-4-8-13(15)16(20)18-14-9-5-3-7-12(14)17(21)22-2/h3-10H,1-2H3,(H,18,20). The molecule has 0 saturated heterocycles. The maximum Gasteiger partial charge on any atom is 0.339 e. The predicted molar refractivity (Wildman–Crippen MR) is 83.5 cm³/mol. The van der Waals surface area contributed by atoms with Gasteiger partial charge in [-0.05, 0) is 24.3 Å². The molecule has 0 unspecified atom stereocenters. The van der Waals surface area contributed by atoms with Gasteiger partial charge in [-0.15, -0.1) is 0 Å². The number of amides is 1. The van der Waals surface area contributed by atoms with Gasteiger partial charge in [-0.2, -0.15) is 0 Å². The van der Waals surface area contributed by atoms with E-state index in [9.17, 15) is 14.4 Å². The first-order valence-corrected chi connectivity index (χ1v) is 6.79.